The highest BCUT2D eigenvalue weighted by molar-refractivity contribution is 5.46. The van der Waals surface area contributed by atoms with Gasteiger partial charge in [-0.3, -0.25) is 0 Å². The van der Waals surface area contributed by atoms with Gasteiger partial charge in [0.15, 0.2) is 29.3 Å². The predicted molar refractivity (Wildman–Crippen MR) is 117 cm³/mol. The van der Waals surface area contributed by atoms with Crippen molar-refractivity contribution in [3.05, 3.63) is 47.5 Å². The highest BCUT2D eigenvalue weighted by Gasteiger charge is 2.45. The second-order valence-corrected chi connectivity index (χ2v) is 7.91. The molecule has 2 aromatic rings. The van der Waals surface area contributed by atoms with Crippen LogP contribution in [0, 0.1) is 0 Å². The van der Waals surface area contributed by atoms with E-state index in [4.69, 9.17) is 18.9 Å². The Morgan fingerprint density at radius 1 is 0.824 bits per heavy atom. The van der Waals surface area contributed by atoms with Crippen LogP contribution >= 0.6 is 0 Å². The summed E-state index contributed by atoms with van der Waals surface area (Å²) in [6.07, 6.45) is -8.63. The van der Waals surface area contributed by atoms with Crippen molar-refractivity contribution in [2.24, 2.45) is 0 Å². The zero-order valence-corrected chi connectivity index (χ0v) is 18.7. The molecule has 11 nitrogen and oxygen atoms in total. The van der Waals surface area contributed by atoms with E-state index in [0.717, 1.165) is 0 Å². The summed E-state index contributed by atoms with van der Waals surface area (Å²) in [5.41, 5.74) is 0.913. The van der Waals surface area contributed by atoms with Crippen LogP contribution < -0.4 is 9.47 Å². The van der Waals surface area contributed by atoms with E-state index in [-0.39, 0.29) is 23.0 Å². The SMILES string of the molecule is COc1cc([C@@H](CO)[C@H](O[C@@H]2O[C@@H](CO)[C@@H](O)[C@@H](O)[C@H]2O)c2ccc(O)c(OC)c2)ccc1O. The van der Waals surface area contributed by atoms with E-state index in [9.17, 15) is 35.7 Å². The van der Waals surface area contributed by atoms with Crippen LogP contribution in [0.3, 0.4) is 0 Å². The topological polar surface area (TPSA) is 179 Å². The number of ether oxygens (including phenoxy) is 4. The molecule has 1 aliphatic rings. The van der Waals surface area contributed by atoms with Crippen molar-refractivity contribution >= 4 is 0 Å². The molecule has 2 aromatic carbocycles. The predicted octanol–water partition coefficient (Wildman–Crippen LogP) is -0.251. The molecule has 0 bridgehead atoms. The number of methoxy groups -OCH3 is 2. The van der Waals surface area contributed by atoms with Gasteiger partial charge in [0.2, 0.25) is 0 Å². The van der Waals surface area contributed by atoms with Crippen LogP contribution in [0.15, 0.2) is 36.4 Å². The minimum atomic E-state index is -1.67. The molecule has 1 aliphatic heterocycles. The van der Waals surface area contributed by atoms with E-state index in [1.54, 1.807) is 6.07 Å². The number of hydrogen-bond donors (Lipinski definition) is 7. The average Bonchev–Trinajstić information content (AvgIpc) is 2.85. The van der Waals surface area contributed by atoms with E-state index < -0.39 is 55.9 Å². The molecule has 0 unspecified atom stereocenters. The zero-order valence-electron chi connectivity index (χ0n) is 18.7. The Morgan fingerprint density at radius 2 is 1.38 bits per heavy atom. The first-order chi connectivity index (χ1) is 16.2. The van der Waals surface area contributed by atoms with Crippen molar-refractivity contribution in [3.63, 3.8) is 0 Å². The quantitative estimate of drug-likeness (QED) is 0.251. The number of aliphatic hydroxyl groups is 5. The Kier molecular flexibility index (Phi) is 8.55. The lowest BCUT2D eigenvalue weighted by Gasteiger charge is -2.42. The van der Waals surface area contributed by atoms with Crippen molar-refractivity contribution in [3.8, 4) is 23.0 Å². The number of phenols is 2. The minimum Gasteiger partial charge on any atom is -0.504 e. The minimum absolute atomic E-state index is 0.111. The molecule has 1 heterocycles. The van der Waals surface area contributed by atoms with Gasteiger partial charge in [0.05, 0.1) is 33.5 Å². The molecular weight excluding hydrogens is 452 g/mol. The monoisotopic (exact) mass is 482 g/mol. The number of phenolic OH excluding ortho intramolecular Hbond substituents is 2. The lowest BCUT2D eigenvalue weighted by atomic mass is 9.88. The van der Waals surface area contributed by atoms with Gasteiger partial charge >= 0.3 is 0 Å². The van der Waals surface area contributed by atoms with Gasteiger partial charge in [-0.2, -0.15) is 0 Å². The summed E-state index contributed by atoms with van der Waals surface area (Å²) >= 11 is 0. The maximum absolute atomic E-state index is 10.5. The summed E-state index contributed by atoms with van der Waals surface area (Å²) in [7, 11) is 2.74. The Morgan fingerprint density at radius 3 is 1.91 bits per heavy atom. The number of rotatable bonds is 9. The fourth-order valence-corrected chi connectivity index (χ4v) is 3.90. The second kappa shape index (κ2) is 11.2. The Balaban J connectivity index is 2.05. The summed E-state index contributed by atoms with van der Waals surface area (Å²) in [4.78, 5) is 0. The van der Waals surface area contributed by atoms with Gasteiger partial charge in [0.1, 0.15) is 24.4 Å². The third-order valence-electron chi connectivity index (χ3n) is 5.86. The Hall–Kier alpha value is -2.64. The molecule has 34 heavy (non-hydrogen) atoms. The van der Waals surface area contributed by atoms with Crippen molar-refractivity contribution in [1.29, 1.82) is 0 Å². The van der Waals surface area contributed by atoms with Gasteiger partial charge in [0, 0.05) is 5.92 Å². The molecular formula is C23H30O11. The molecule has 0 aromatic heterocycles. The molecule has 0 radical (unpaired) electrons. The summed E-state index contributed by atoms with van der Waals surface area (Å²) in [6, 6.07) is 8.82. The smallest absolute Gasteiger partial charge is 0.187 e. The standard InChI is InChI=1S/C23H30O11/c1-31-16-7-11(3-5-14(16)26)13(9-24)22(12-4-6-15(27)17(8-12)32-2)34-23-21(30)20(29)19(28)18(10-25)33-23/h3-8,13,18-30H,9-10H2,1-2H3/t13-,18+,19-,20-,21-,22-,23+/m1/s1. The van der Waals surface area contributed by atoms with Crippen molar-refractivity contribution in [1.82, 2.24) is 0 Å². The van der Waals surface area contributed by atoms with E-state index >= 15 is 0 Å². The Labute approximate surface area is 196 Å². The van der Waals surface area contributed by atoms with Crippen LogP contribution in [0.2, 0.25) is 0 Å². The van der Waals surface area contributed by atoms with Gasteiger partial charge in [-0.05, 0) is 35.4 Å². The molecule has 3 rings (SSSR count). The lowest BCUT2D eigenvalue weighted by molar-refractivity contribution is -0.314. The van der Waals surface area contributed by atoms with E-state index in [2.05, 4.69) is 0 Å². The van der Waals surface area contributed by atoms with Crippen LogP contribution in [0.25, 0.3) is 0 Å². The molecule has 0 saturated carbocycles. The van der Waals surface area contributed by atoms with E-state index in [0.29, 0.717) is 11.1 Å². The second-order valence-electron chi connectivity index (χ2n) is 7.91. The van der Waals surface area contributed by atoms with Gasteiger partial charge in [0.25, 0.3) is 0 Å². The number of aliphatic hydroxyl groups excluding tert-OH is 5. The van der Waals surface area contributed by atoms with Crippen LogP contribution in [0.5, 0.6) is 23.0 Å². The molecule has 0 aliphatic carbocycles. The summed E-state index contributed by atoms with van der Waals surface area (Å²) in [5, 5.41) is 70.5. The van der Waals surface area contributed by atoms with Crippen LogP contribution in [-0.4, -0.2) is 93.9 Å². The first-order valence-corrected chi connectivity index (χ1v) is 10.6. The molecule has 1 fully saturated rings. The molecule has 7 atom stereocenters. The van der Waals surface area contributed by atoms with Crippen molar-refractivity contribution < 1.29 is 54.7 Å². The number of benzene rings is 2. The van der Waals surface area contributed by atoms with Crippen LogP contribution in [0.1, 0.15) is 23.1 Å². The summed E-state index contributed by atoms with van der Waals surface area (Å²) < 4.78 is 21.9. The molecule has 0 amide bonds. The highest BCUT2D eigenvalue weighted by atomic mass is 16.7. The first kappa shape index (κ1) is 26.0. The van der Waals surface area contributed by atoms with Gasteiger partial charge < -0.3 is 54.7 Å². The van der Waals surface area contributed by atoms with Gasteiger partial charge in [-0.1, -0.05) is 12.1 Å². The average molecular weight is 482 g/mol. The van der Waals surface area contributed by atoms with Gasteiger partial charge in [-0.15, -0.1) is 0 Å². The summed E-state index contributed by atoms with van der Waals surface area (Å²) in [5.74, 6) is -0.771. The first-order valence-electron chi connectivity index (χ1n) is 10.6. The zero-order chi connectivity index (χ0) is 25.0. The largest absolute Gasteiger partial charge is 0.504 e. The Bertz CT molecular complexity index is 951. The third-order valence-corrected chi connectivity index (χ3v) is 5.86. The van der Waals surface area contributed by atoms with Crippen LogP contribution in [0.4, 0.5) is 0 Å². The number of hydrogen-bond acceptors (Lipinski definition) is 11. The molecule has 188 valence electrons. The maximum atomic E-state index is 10.5. The highest BCUT2D eigenvalue weighted by Crippen LogP contribution is 2.41. The lowest BCUT2D eigenvalue weighted by Crippen LogP contribution is -2.59. The normalized spacial score (nSPS) is 26.6. The summed E-state index contributed by atoms with van der Waals surface area (Å²) in [6.45, 7) is -1.10. The van der Waals surface area contributed by atoms with Crippen LogP contribution in [-0.2, 0) is 9.47 Å². The van der Waals surface area contributed by atoms with Gasteiger partial charge in [-0.25, -0.2) is 0 Å². The maximum Gasteiger partial charge on any atom is 0.187 e. The fraction of sp³-hybridized carbons (Fsp3) is 0.478. The number of aromatic hydroxyl groups is 2. The van der Waals surface area contributed by atoms with Crippen molar-refractivity contribution in [2.45, 2.75) is 42.7 Å². The molecule has 11 heteroatoms. The molecule has 1 saturated heterocycles. The fourth-order valence-electron chi connectivity index (χ4n) is 3.90. The van der Waals surface area contributed by atoms with Crippen molar-refractivity contribution in [2.75, 3.05) is 27.4 Å². The van der Waals surface area contributed by atoms with E-state index in [1.165, 1.54) is 44.6 Å². The van der Waals surface area contributed by atoms with E-state index in [1.807, 2.05) is 0 Å². The third kappa shape index (κ3) is 5.20. The molecule has 0 spiro atoms. The molecule has 7 N–H and O–H groups in total.